The number of hydrazine groups is 1. The van der Waals surface area contributed by atoms with E-state index < -0.39 is 0 Å². The van der Waals surface area contributed by atoms with Gasteiger partial charge in [0.25, 0.3) is 0 Å². The van der Waals surface area contributed by atoms with Crippen molar-refractivity contribution in [2.75, 3.05) is 25.1 Å². The molecule has 16 heavy (non-hydrogen) atoms. The molecule has 0 saturated heterocycles. The molecule has 0 atom stereocenters. The largest absolute Gasteiger partial charge is 0.395 e. The second-order valence-electron chi connectivity index (χ2n) is 3.63. The first kappa shape index (κ1) is 13.4. The lowest BCUT2D eigenvalue weighted by Crippen LogP contribution is -2.27. The van der Waals surface area contributed by atoms with Crippen molar-refractivity contribution in [2.45, 2.75) is 26.3 Å². The minimum absolute atomic E-state index is 0.199. The third-order valence-electron chi connectivity index (χ3n) is 2.30. The van der Waals surface area contributed by atoms with Gasteiger partial charge in [-0.25, -0.2) is 10.8 Å². The van der Waals surface area contributed by atoms with Crippen molar-refractivity contribution in [2.24, 2.45) is 5.84 Å². The third kappa shape index (κ3) is 4.44. The average Bonchev–Trinajstić information content (AvgIpc) is 2.74. The van der Waals surface area contributed by atoms with Gasteiger partial charge in [0.2, 0.25) is 0 Å². The van der Waals surface area contributed by atoms with Crippen molar-refractivity contribution in [3.63, 3.8) is 0 Å². The number of nitrogens with one attached hydrogen (secondary N) is 1. The summed E-state index contributed by atoms with van der Waals surface area (Å²) in [6.45, 7) is 4.92. The number of hydrogen-bond donors (Lipinski definition) is 3. The predicted molar refractivity (Wildman–Crippen MR) is 67.2 cm³/mol. The number of rotatable bonds is 8. The van der Waals surface area contributed by atoms with Gasteiger partial charge < -0.3 is 5.11 Å². The minimum Gasteiger partial charge on any atom is -0.395 e. The molecular formula is C10H20N4OS. The molecule has 1 heterocycles. The van der Waals surface area contributed by atoms with E-state index in [-0.39, 0.29) is 6.61 Å². The van der Waals surface area contributed by atoms with E-state index in [0.717, 1.165) is 29.5 Å². The fourth-order valence-corrected chi connectivity index (χ4v) is 2.23. The van der Waals surface area contributed by atoms with Crippen LogP contribution in [0.25, 0.3) is 0 Å². The number of nitrogen functional groups attached to an aromatic ring is 1. The first-order valence-electron chi connectivity index (χ1n) is 5.54. The molecule has 0 bridgehead atoms. The highest BCUT2D eigenvalue weighted by Crippen LogP contribution is 2.18. The van der Waals surface area contributed by atoms with Gasteiger partial charge in [-0.1, -0.05) is 24.7 Å². The normalized spacial score (nSPS) is 11.0. The Kier molecular flexibility index (Phi) is 6.32. The molecule has 1 aromatic rings. The zero-order valence-electron chi connectivity index (χ0n) is 9.65. The van der Waals surface area contributed by atoms with Gasteiger partial charge >= 0.3 is 0 Å². The Balaban J connectivity index is 2.46. The number of aliphatic hydroxyl groups is 1. The fraction of sp³-hybridized carbons (Fsp3) is 0.700. The monoisotopic (exact) mass is 244 g/mol. The Morgan fingerprint density at radius 1 is 1.56 bits per heavy atom. The van der Waals surface area contributed by atoms with Gasteiger partial charge in [-0.05, 0) is 13.0 Å². The van der Waals surface area contributed by atoms with Crippen molar-refractivity contribution in [1.82, 2.24) is 9.88 Å². The molecule has 0 radical (unpaired) electrons. The van der Waals surface area contributed by atoms with Gasteiger partial charge in [0.15, 0.2) is 5.13 Å². The summed E-state index contributed by atoms with van der Waals surface area (Å²) in [6, 6.07) is 0. The zero-order chi connectivity index (χ0) is 11.8. The molecule has 92 valence electrons. The van der Waals surface area contributed by atoms with E-state index in [2.05, 4.69) is 22.2 Å². The quantitative estimate of drug-likeness (QED) is 0.470. The number of hydrogen-bond acceptors (Lipinski definition) is 6. The summed E-state index contributed by atoms with van der Waals surface area (Å²) >= 11 is 1.55. The van der Waals surface area contributed by atoms with Crippen molar-refractivity contribution >= 4 is 16.5 Å². The molecule has 0 aliphatic heterocycles. The molecule has 0 aromatic carbocycles. The SMILES string of the molecule is CCCCN(CCO)Cc1cnc(NN)s1. The summed E-state index contributed by atoms with van der Waals surface area (Å²) < 4.78 is 0. The smallest absolute Gasteiger partial charge is 0.197 e. The number of anilines is 1. The predicted octanol–water partition coefficient (Wildman–Crippen LogP) is 1.02. The zero-order valence-corrected chi connectivity index (χ0v) is 10.5. The van der Waals surface area contributed by atoms with E-state index in [9.17, 15) is 0 Å². The van der Waals surface area contributed by atoms with E-state index in [1.165, 1.54) is 6.42 Å². The van der Waals surface area contributed by atoms with Crippen molar-refractivity contribution in [3.8, 4) is 0 Å². The molecule has 0 spiro atoms. The molecule has 0 fully saturated rings. The van der Waals surface area contributed by atoms with Crippen molar-refractivity contribution < 1.29 is 5.11 Å². The summed E-state index contributed by atoms with van der Waals surface area (Å²) in [5.41, 5.74) is 2.54. The van der Waals surface area contributed by atoms with E-state index >= 15 is 0 Å². The Morgan fingerprint density at radius 3 is 2.94 bits per heavy atom. The molecule has 5 nitrogen and oxygen atoms in total. The van der Waals surface area contributed by atoms with Crippen LogP contribution < -0.4 is 11.3 Å². The minimum atomic E-state index is 0.199. The fourth-order valence-electron chi connectivity index (χ4n) is 1.46. The van der Waals surface area contributed by atoms with Gasteiger partial charge in [0, 0.05) is 24.2 Å². The van der Waals surface area contributed by atoms with Gasteiger partial charge in [-0.3, -0.25) is 10.3 Å². The Bertz CT molecular complexity index is 292. The van der Waals surface area contributed by atoms with Crippen LogP contribution in [0.4, 0.5) is 5.13 Å². The average molecular weight is 244 g/mol. The van der Waals surface area contributed by atoms with Crippen LogP contribution in [0.3, 0.4) is 0 Å². The highest BCUT2D eigenvalue weighted by atomic mass is 32.1. The highest BCUT2D eigenvalue weighted by molar-refractivity contribution is 7.15. The van der Waals surface area contributed by atoms with Crippen LogP contribution in [0.1, 0.15) is 24.6 Å². The van der Waals surface area contributed by atoms with Gasteiger partial charge in [-0.15, -0.1) is 0 Å². The number of nitrogens with zero attached hydrogens (tertiary/aromatic N) is 2. The highest BCUT2D eigenvalue weighted by Gasteiger charge is 2.07. The maximum atomic E-state index is 8.98. The lowest BCUT2D eigenvalue weighted by molar-refractivity contribution is 0.189. The van der Waals surface area contributed by atoms with Gasteiger partial charge in [0.1, 0.15) is 0 Å². The van der Waals surface area contributed by atoms with Gasteiger partial charge in [0.05, 0.1) is 6.61 Å². The molecule has 1 rings (SSSR count). The van der Waals surface area contributed by atoms with E-state index in [0.29, 0.717) is 6.54 Å². The topological polar surface area (TPSA) is 74.4 Å². The third-order valence-corrected chi connectivity index (χ3v) is 3.21. The summed E-state index contributed by atoms with van der Waals surface area (Å²) in [5, 5.41) is 9.71. The Labute approximate surface area is 100 Å². The van der Waals surface area contributed by atoms with Crippen LogP contribution in [0.2, 0.25) is 0 Å². The van der Waals surface area contributed by atoms with Crippen molar-refractivity contribution in [3.05, 3.63) is 11.1 Å². The summed E-state index contributed by atoms with van der Waals surface area (Å²) in [5.74, 6) is 5.28. The molecule has 0 saturated carbocycles. The van der Waals surface area contributed by atoms with Crippen LogP contribution in [-0.4, -0.2) is 34.7 Å². The first-order valence-corrected chi connectivity index (χ1v) is 6.36. The number of nitrogens with two attached hydrogens (primary N) is 1. The van der Waals surface area contributed by atoms with E-state index in [1.54, 1.807) is 11.3 Å². The maximum absolute atomic E-state index is 8.98. The van der Waals surface area contributed by atoms with Crippen LogP contribution in [0.15, 0.2) is 6.20 Å². The standard InChI is InChI=1S/C10H20N4OS/c1-2-3-4-14(5-6-15)8-9-7-12-10(13-11)16-9/h7,15H,2-6,8,11H2,1H3,(H,12,13). The first-order chi connectivity index (χ1) is 7.80. The van der Waals surface area contributed by atoms with Gasteiger partial charge in [-0.2, -0.15) is 0 Å². The van der Waals surface area contributed by atoms with E-state index in [4.69, 9.17) is 10.9 Å². The molecule has 0 amide bonds. The molecule has 0 unspecified atom stereocenters. The Morgan fingerprint density at radius 2 is 2.38 bits per heavy atom. The summed E-state index contributed by atoms with van der Waals surface area (Å²) in [6.07, 6.45) is 4.15. The Hall–Kier alpha value is -0.690. The molecular weight excluding hydrogens is 224 g/mol. The molecule has 4 N–H and O–H groups in total. The summed E-state index contributed by atoms with van der Waals surface area (Å²) in [4.78, 5) is 7.52. The summed E-state index contributed by atoms with van der Waals surface area (Å²) in [7, 11) is 0. The number of unbranched alkanes of at least 4 members (excludes halogenated alkanes) is 1. The number of thiazole rings is 1. The molecule has 0 aliphatic rings. The number of aromatic nitrogens is 1. The number of aliphatic hydroxyl groups excluding tert-OH is 1. The van der Waals surface area contributed by atoms with Crippen LogP contribution in [0.5, 0.6) is 0 Å². The molecule has 0 aliphatic carbocycles. The lowest BCUT2D eigenvalue weighted by atomic mass is 10.3. The van der Waals surface area contributed by atoms with Crippen LogP contribution in [0, 0.1) is 0 Å². The second kappa shape index (κ2) is 7.56. The lowest BCUT2D eigenvalue weighted by Gasteiger charge is -2.19. The van der Waals surface area contributed by atoms with Crippen LogP contribution >= 0.6 is 11.3 Å². The maximum Gasteiger partial charge on any atom is 0.197 e. The molecule has 6 heteroatoms. The van der Waals surface area contributed by atoms with Crippen LogP contribution in [-0.2, 0) is 6.54 Å². The molecule has 1 aromatic heterocycles. The van der Waals surface area contributed by atoms with Crippen molar-refractivity contribution in [1.29, 1.82) is 0 Å². The van der Waals surface area contributed by atoms with E-state index in [1.807, 2.05) is 6.20 Å². The second-order valence-corrected chi connectivity index (χ2v) is 4.74.